The minimum Gasteiger partial charge on any atom is -0.450 e. The van der Waals surface area contributed by atoms with Crippen molar-refractivity contribution in [3.05, 3.63) is 35.2 Å². The molecular weight excluding hydrogens is 330 g/mol. The van der Waals surface area contributed by atoms with Gasteiger partial charge >= 0.3 is 6.09 Å². The van der Waals surface area contributed by atoms with Crippen molar-refractivity contribution in [1.82, 2.24) is 25.5 Å². The van der Waals surface area contributed by atoms with Gasteiger partial charge in [-0.3, -0.25) is 0 Å². The highest BCUT2D eigenvalue weighted by Crippen LogP contribution is 2.39. The molecule has 2 aromatic rings. The molecule has 1 aromatic heterocycles. The standard InChI is InChI=1S/C19H27N5O2/c1-5-26-18(25)20-19(8-6-13(2)7-9-19)17-21-22-23-24(17)16-11-14(3)10-15(4)12-16/h10-13H,5-9H2,1-4H3,(H,20,25). The zero-order valence-electron chi connectivity index (χ0n) is 16.0. The van der Waals surface area contributed by atoms with Crippen LogP contribution < -0.4 is 5.32 Å². The third kappa shape index (κ3) is 3.71. The maximum absolute atomic E-state index is 12.2. The summed E-state index contributed by atoms with van der Waals surface area (Å²) >= 11 is 0. The Balaban J connectivity index is 2.02. The molecule has 1 saturated carbocycles. The SMILES string of the molecule is CCOC(=O)NC1(c2nnnn2-c2cc(C)cc(C)c2)CCC(C)CC1. The van der Waals surface area contributed by atoms with E-state index in [0.717, 1.165) is 42.5 Å². The lowest BCUT2D eigenvalue weighted by atomic mass is 9.76. The van der Waals surface area contributed by atoms with Crippen LogP contribution in [0.5, 0.6) is 0 Å². The van der Waals surface area contributed by atoms with Gasteiger partial charge in [-0.2, -0.15) is 4.68 Å². The van der Waals surface area contributed by atoms with Crippen molar-refractivity contribution in [1.29, 1.82) is 0 Å². The second-order valence-electron chi connectivity index (χ2n) is 7.37. The van der Waals surface area contributed by atoms with Gasteiger partial charge in [0.25, 0.3) is 0 Å². The fraction of sp³-hybridized carbons (Fsp3) is 0.579. The molecule has 0 radical (unpaired) electrons. The number of tetrazole rings is 1. The molecule has 0 atom stereocenters. The summed E-state index contributed by atoms with van der Waals surface area (Å²) in [6, 6.07) is 6.22. The summed E-state index contributed by atoms with van der Waals surface area (Å²) in [7, 11) is 0. The smallest absolute Gasteiger partial charge is 0.407 e. The maximum atomic E-state index is 12.2. The zero-order valence-corrected chi connectivity index (χ0v) is 16.0. The molecule has 0 bridgehead atoms. The molecule has 0 saturated heterocycles. The summed E-state index contributed by atoms with van der Waals surface area (Å²) < 4.78 is 6.90. The van der Waals surface area contributed by atoms with Crippen LogP contribution in [0.4, 0.5) is 4.79 Å². The normalized spacial score (nSPS) is 22.8. The molecule has 3 rings (SSSR count). The van der Waals surface area contributed by atoms with Gasteiger partial charge in [0, 0.05) is 0 Å². The first-order chi connectivity index (χ1) is 12.4. The van der Waals surface area contributed by atoms with E-state index in [0.29, 0.717) is 18.3 Å². The fourth-order valence-electron chi connectivity index (χ4n) is 3.75. The van der Waals surface area contributed by atoms with Crippen LogP contribution in [0.1, 0.15) is 56.5 Å². The summed E-state index contributed by atoms with van der Waals surface area (Å²) in [5.41, 5.74) is 2.59. The van der Waals surface area contributed by atoms with Gasteiger partial charge in [-0.1, -0.05) is 13.0 Å². The van der Waals surface area contributed by atoms with E-state index in [2.05, 4.69) is 59.8 Å². The van der Waals surface area contributed by atoms with Crippen molar-refractivity contribution in [2.75, 3.05) is 6.61 Å². The van der Waals surface area contributed by atoms with E-state index in [-0.39, 0.29) is 0 Å². The van der Waals surface area contributed by atoms with Gasteiger partial charge < -0.3 is 10.1 Å². The molecule has 7 heteroatoms. The number of ether oxygens (including phenoxy) is 1. The maximum Gasteiger partial charge on any atom is 0.407 e. The quantitative estimate of drug-likeness (QED) is 0.906. The molecule has 1 aliphatic carbocycles. The molecular formula is C19H27N5O2. The molecule has 0 unspecified atom stereocenters. The molecule has 1 amide bonds. The lowest BCUT2D eigenvalue weighted by Crippen LogP contribution is -2.50. The predicted molar refractivity (Wildman–Crippen MR) is 98.1 cm³/mol. The van der Waals surface area contributed by atoms with Gasteiger partial charge in [-0.05, 0) is 86.1 Å². The third-order valence-corrected chi connectivity index (χ3v) is 5.09. The van der Waals surface area contributed by atoms with E-state index >= 15 is 0 Å². The summed E-state index contributed by atoms with van der Waals surface area (Å²) in [6.45, 7) is 8.47. The average molecular weight is 357 g/mol. The highest BCUT2D eigenvalue weighted by atomic mass is 16.5. The summed E-state index contributed by atoms with van der Waals surface area (Å²) in [4.78, 5) is 12.2. The van der Waals surface area contributed by atoms with Crippen LogP contribution in [0.15, 0.2) is 18.2 Å². The van der Waals surface area contributed by atoms with Crippen LogP contribution in [0, 0.1) is 19.8 Å². The second-order valence-corrected chi connectivity index (χ2v) is 7.37. The van der Waals surface area contributed by atoms with Gasteiger partial charge in [-0.15, -0.1) is 5.10 Å². The topological polar surface area (TPSA) is 81.9 Å². The first-order valence-electron chi connectivity index (χ1n) is 9.26. The zero-order chi connectivity index (χ0) is 18.7. The van der Waals surface area contributed by atoms with E-state index in [1.807, 2.05) is 0 Å². The van der Waals surface area contributed by atoms with Crippen LogP contribution in [-0.2, 0) is 10.3 Å². The Kier molecular flexibility index (Phi) is 5.25. The van der Waals surface area contributed by atoms with Gasteiger partial charge in [0.1, 0.15) is 5.54 Å². The molecule has 0 spiro atoms. The Labute approximate surface area is 154 Å². The van der Waals surface area contributed by atoms with Crippen LogP contribution in [0.25, 0.3) is 5.69 Å². The number of carbonyl (C=O) groups excluding carboxylic acids is 1. The number of carbonyl (C=O) groups is 1. The predicted octanol–water partition coefficient (Wildman–Crippen LogP) is 3.43. The Hall–Kier alpha value is -2.44. The molecule has 1 aliphatic rings. The number of rotatable bonds is 4. The fourth-order valence-corrected chi connectivity index (χ4v) is 3.75. The summed E-state index contributed by atoms with van der Waals surface area (Å²) in [5.74, 6) is 1.29. The van der Waals surface area contributed by atoms with E-state index < -0.39 is 11.6 Å². The molecule has 26 heavy (non-hydrogen) atoms. The number of amides is 1. The number of nitrogens with zero attached hydrogens (tertiary/aromatic N) is 4. The first-order valence-corrected chi connectivity index (χ1v) is 9.26. The van der Waals surface area contributed by atoms with Crippen molar-refractivity contribution in [3.8, 4) is 5.69 Å². The average Bonchev–Trinajstić information content (AvgIpc) is 3.07. The Morgan fingerprint density at radius 2 is 1.92 bits per heavy atom. The number of nitrogens with one attached hydrogen (secondary N) is 1. The van der Waals surface area contributed by atoms with Gasteiger partial charge in [0.05, 0.1) is 12.3 Å². The minimum absolute atomic E-state index is 0.334. The van der Waals surface area contributed by atoms with Crippen LogP contribution in [0.2, 0.25) is 0 Å². The van der Waals surface area contributed by atoms with Crippen LogP contribution in [0.3, 0.4) is 0 Å². The van der Waals surface area contributed by atoms with Crippen molar-refractivity contribution in [2.24, 2.45) is 5.92 Å². The number of alkyl carbamates (subject to hydrolysis) is 1. The molecule has 1 aromatic carbocycles. The molecule has 7 nitrogen and oxygen atoms in total. The number of hydrogen-bond acceptors (Lipinski definition) is 5. The molecule has 0 aliphatic heterocycles. The minimum atomic E-state index is -0.611. The van der Waals surface area contributed by atoms with Crippen molar-refractivity contribution in [2.45, 2.75) is 58.9 Å². The lowest BCUT2D eigenvalue weighted by molar-refractivity contribution is 0.117. The Morgan fingerprint density at radius 3 is 2.54 bits per heavy atom. The molecule has 1 fully saturated rings. The van der Waals surface area contributed by atoms with Crippen LogP contribution >= 0.6 is 0 Å². The van der Waals surface area contributed by atoms with E-state index in [1.54, 1.807) is 11.6 Å². The summed E-state index contributed by atoms with van der Waals surface area (Å²) in [6.07, 6.45) is 3.17. The molecule has 140 valence electrons. The number of aromatic nitrogens is 4. The molecule has 1 N–H and O–H groups in total. The van der Waals surface area contributed by atoms with Crippen LogP contribution in [-0.4, -0.2) is 32.9 Å². The van der Waals surface area contributed by atoms with Crippen molar-refractivity contribution >= 4 is 6.09 Å². The van der Waals surface area contributed by atoms with Crippen molar-refractivity contribution in [3.63, 3.8) is 0 Å². The Bertz CT molecular complexity index is 758. The van der Waals surface area contributed by atoms with Gasteiger partial charge in [0.2, 0.25) is 0 Å². The highest BCUT2D eigenvalue weighted by molar-refractivity contribution is 5.68. The van der Waals surface area contributed by atoms with E-state index in [4.69, 9.17) is 4.74 Å². The first kappa shape index (κ1) is 18.4. The highest BCUT2D eigenvalue weighted by Gasteiger charge is 2.42. The summed E-state index contributed by atoms with van der Waals surface area (Å²) in [5, 5.41) is 15.5. The van der Waals surface area contributed by atoms with Gasteiger partial charge in [0.15, 0.2) is 5.82 Å². The largest absolute Gasteiger partial charge is 0.450 e. The number of hydrogen-bond donors (Lipinski definition) is 1. The Morgan fingerprint density at radius 1 is 1.27 bits per heavy atom. The third-order valence-electron chi connectivity index (χ3n) is 5.09. The van der Waals surface area contributed by atoms with E-state index in [9.17, 15) is 4.79 Å². The lowest BCUT2D eigenvalue weighted by Gasteiger charge is -2.38. The van der Waals surface area contributed by atoms with Crippen molar-refractivity contribution < 1.29 is 9.53 Å². The number of aryl methyl sites for hydroxylation is 2. The van der Waals surface area contributed by atoms with Gasteiger partial charge in [-0.25, -0.2) is 4.79 Å². The number of benzene rings is 1. The molecule has 1 heterocycles. The second kappa shape index (κ2) is 7.43. The monoisotopic (exact) mass is 357 g/mol. The van der Waals surface area contributed by atoms with E-state index in [1.165, 1.54) is 0 Å².